The van der Waals surface area contributed by atoms with Crippen molar-refractivity contribution in [3.8, 4) is 0 Å². The predicted octanol–water partition coefficient (Wildman–Crippen LogP) is 4.45. The summed E-state index contributed by atoms with van der Waals surface area (Å²) in [6.45, 7) is 0.807. The Balaban J connectivity index is 1.77. The normalized spacial score (nSPS) is 10.9. The SMILES string of the molecule is O=[N+]([O-])c1ccc(CCn2ccc3ccc(Cl)cc32)cc1. The fourth-order valence-electron chi connectivity index (χ4n) is 2.39. The molecule has 2 aromatic carbocycles. The van der Waals surface area contributed by atoms with E-state index in [0.717, 1.165) is 34.5 Å². The number of hydrogen-bond acceptors (Lipinski definition) is 2. The molecule has 106 valence electrons. The second kappa shape index (κ2) is 5.58. The zero-order valence-corrected chi connectivity index (χ0v) is 12.0. The Labute approximate surface area is 126 Å². The van der Waals surface area contributed by atoms with Crippen LogP contribution in [-0.2, 0) is 13.0 Å². The molecular formula is C16H13ClN2O2. The van der Waals surface area contributed by atoms with Crippen LogP contribution in [0.3, 0.4) is 0 Å². The standard InChI is InChI=1S/C16H13ClN2O2/c17-14-4-3-13-8-10-18(16(13)11-14)9-7-12-1-5-15(6-2-12)19(20)21/h1-6,8,10-11H,7,9H2. The van der Waals surface area contributed by atoms with Crippen molar-refractivity contribution in [2.24, 2.45) is 0 Å². The Morgan fingerprint density at radius 2 is 1.86 bits per heavy atom. The Hall–Kier alpha value is -2.33. The molecule has 0 atom stereocenters. The summed E-state index contributed by atoms with van der Waals surface area (Å²) in [4.78, 5) is 10.2. The van der Waals surface area contributed by atoms with Gasteiger partial charge in [-0.3, -0.25) is 10.1 Å². The minimum atomic E-state index is -0.384. The van der Waals surface area contributed by atoms with Gasteiger partial charge < -0.3 is 4.57 Å². The fourth-order valence-corrected chi connectivity index (χ4v) is 2.55. The summed E-state index contributed by atoms with van der Waals surface area (Å²) in [5.74, 6) is 0. The number of non-ortho nitro benzene ring substituents is 1. The molecule has 0 N–H and O–H groups in total. The van der Waals surface area contributed by atoms with Gasteiger partial charge in [0.15, 0.2) is 0 Å². The van der Waals surface area contributed by atoms with Crippen molar-refractivity contribution < 1.29 is 4.92 Å². The van der Waals surface area contributed by atoms with Gasteiger partial charge in [0, 0.05) is 35.4 Å². The number of fused-ring (bicyclic) bond motifs is 1. The van der Waals surface area contributed by atoms with Gasteiger partial charge in [-0.1, -0.05) is 29.8 Å². The Morgan fingerprint density at radius 1 is 1.10 bits per heavy atom. The molecule has 0 amide bonds. The molecule has 0 bridgehead atoms. The lowest BCUT2D eigenvalue weighted by Gasteiger charge is -2.06. The third-order valence-electron chi connectivity index (χ3n) is 3.52. The van der Waals surface area contributed by atoms with Gasteiger partial charge >= 0.3 is 0 Å². The highest BCUT2D eigenvalue weighted by molar-refractivity contribution is 6.31. The van der Waals surface area contributed by atoms with E-state index in [1.54, 1.807) is 24.3 Å². The quantitative estimate of drug-likeness (QED) is 0.528. The molecule has 21 heavy (non-hydrogen) atoms. The first-order valence-electron chi connectivity index (χ1n) is 6.61. The van der Waals surface area contributed by atoms with Crippen LogP contribution in [0, 0.1) is 10.1 Å². The molecule has 1 aromatic heterocycles. The molecule has 0 aliphatic heterocycles. The van der Waals surface area contributed by atoms with Crippen LogP contribution < -0.4 is 0 Å². The highest BCUT2D eigenvalue weighted by Crippen LogP contribution is 2.21. The van der Waals surface area contributed by atoms with E-state index in [9.17, 15) is 10.1 Å². The zero-order valence-electron chi connectivity index (χ0n) is 11.2. The first-order chi connectivity index (χ1) is 10.1. The molecule has 0 saturated carbocycles. The smallest absolute Gasteiger partial charge is 0.269 e. The van der Waals surface area contributed by atoms with Crippen LogP contribution in [0.1, 0.15) is 5.56 Å². The molecule has 1 heterocycles. The molecule has 5 heteroatoms. The number of nitrogens with zero attached hydrogens (tertiary/aromatic N) is 2. The molecule has 0 spiro atoms. The van der Waals surface area contributed by atoms with Crippen molar-refractivity contribution in [1.29, 1.82) is 0 Å². The van der Waals surface area contributed by atoms with E-state index >= 15 is 0 Å². The average Bonchev–Trinajstić information content (AvgIpc) is 2.88. The molecule has 3 aromatic rings. The van der Waals surface area contributed by atoms with E-state index in [1.807, 2.05) is 24.4 Å². The number of benzene rings is 2. The van der Waals surface area contributed by atoms with E-state index in [1.165, 1.54) is 0 Å². The van der Waals surface area contributed by atoms with E-state index < -0.39 is 0 Å². The maximum Gasteiger partial charge on any atom is 0.269 e. The second-order valence-corrected chi connectivity index (χ2v) is 5.32. The van der Waals surface area contributed by atoms with Crippen LogP contribution in [0.15, 0.2) is 54.7 Å². The number of halogens is 1. The maximum absolute atomic E-state index is 10.6. The summed E-state index contributed by atoms with van der Waals surface area (Å²) in [7, 11) is 0. The van der Waals surface area contributed by atoms with Crippen LogP contribution in [0.2, 0.25) is 5.02 Å². The fraction of sp³-hybridized carbons (Fsp3) is 0.125. The molecule has 0 radical (unpaired) electrons. The Bertz CT molecular complexity index is 794. The monoisotopic (exact) mass is 300 g/mol. The lowest BCUT2D eigenvalue weighted by Crippen LogP contribution is -2.00. The predicted molar refractivity (Wildman–Crippen MR) is 83.7 cm³/mol. The maximum atomic E-state index is 10.6. The van der Waals surface area contributed by atoms with Crippen molar-refractivity contribution >= 4 is 28.2 Å². The summed E-state index contributed by atoms with van der Waals surface area (Å²) in [5, 5.41) is 12.5. The van der Waals surface area contributed by atoms with Gasteiger partial charge in [0.05, 0.1) is 4.92 Å². The third-order valence-corrected chi connectivity index (χ3v) is 3.76. The van der Waals surface area contributed by atoms with Gasteiger partial charge in [0.25, 0.3) is 5.69 Å². The topological polar surface area (TPSA) is 48.1 Å². The molecule has 4 nitrogen and oxygen atoms in total. The molecule has 0 fully saturated rings. The highest BCUT2D eigenvalue weighted by atomic mass is 35.5. The molecule has 0 aliphatic rings. The van der Waals surface area contributed by atoms with Crippen molar-refractivity contribution in [2.75, 3.05) is 0 Å². The summed E-state index contributed by atoms with van der Waals surface area (Å²) >= 11 is 6.03. The Morgan fingerprint density at radius 3 is 2.57 bits per heavy atom. The van der Waals surface area contributed by atoms with Crippen LogP contribution in [-0.4, -0.2) is 9.49 Å². The van der Waals surface area contributed by atoms with Crippen molar-refractivity contribution in [3.63, 3.8) is 0 Å². The number of hydrogen-bond donors (Lipinski definition) is 0. The van der Waals surface area contributed by atoms with Crippen molar-refractivity contribution in [1.82, 2.24) is 4.57 Å². The van der Waals surface area contributed by atoms with Crippen LogP contribution in [0.25, 0.3) is 10.9 Å². The van der Waals surface area contributed by atoms with Gasteiger partial charge in [-0.15, -0.1) is 0 Å². The van der Waals surface area contributed by atoms with Crippen molar-refractivity contribution in [3.05, 3.63) is 75.4 Å². The van der Waals surface area contributed by atoms with Gasteiger partial charge in [0.1, 0.15) is 0 Å². The number of rotatable bonds is 4. The van der Waals surface area contributed by atoms with E-state index in [-0.39, 0.29) is 10.6 Å². The van der Waals surface area contributed by atoms with Crippen molar-refractivity contribution in [2.45, 2.75) is 13.0 Å². The van der Waals surface area contributed by atoms with Gasteiger partial charge in [-0.25, -0.2) is 0 Å². The van der Waals surface area contributed by atoms with E-state index in [2.05, 4.69) is 10.6 Å². The van der Waals surface area contributed by atoms with E-state index in [0.29, 0.717) is 0 Å². The van der Waals surface area contributed by atoms with Crippen LogP contribution in [0.4, 0.5) is 5.69 Å². The molecule has 0 unspecified atom stereocenters. The largest absolute Gasteiger partial charge is 0.347 e. The molecule has 0 aliphatic carbocycles. The number of nitro benzene ring substituents is 1. The number of aryl methyl sites for hydroxylation is 2. The molecule has 0 saturated heterocycles. The third kappa shape index (κ3) is 2.90. The highest BCUT2D eigenvalue weighted by Gasteiger charge is 2.05. The lowest BCUT2D eigenvalue weighted by molar-refractivity contribution is -0.384. The molecular weight excluding hydrogens is 288 g/mol. The lowest BCUT2D eigenvalue weighted by atomic mass is 10.1. The first-order valence-corrected chi connectivity index (χ1v) is 6.99. The van der Waals surface area contributed by atoms with E-state index in [4.69, 9.17) is 11.6 Å². The van der Waals surface area contributed by atoms with Gasteiger partial charge in [-0.2, -0.15) is 0 Å². The second-order valence-electron chi connectivity index (χ2n) is 4.89. The van der Waals surface area contributed by atoms with Crippen LogP contribution in [0.5, 0.6) is 0 Å². The van der Waals surface area contributed by atoms with Crippen LogP contribution >= 0.6 is 11.6 Å². The number of nitro groups is 1. The summed E-state index contributed by atoms with van der Waals surface area (Å²) in [6, 6.07) is 14.6. The summed E-state index contributed by atoms with van der Waals surface area (Å²) < 4.78 is 2.14. The Kier molecular flexibility index (Phi) is 3.62. The average molecular weight is 301 g/mol. The van der Waals surface area contributed by atoms with Gasteiger partial charge in [0.2, 0.25) is 0 Å². The zero-order chi connectivity index (χ0) is 14.8. The van der Waals surface area contributed by atoms with Gasteiger partial charge in [-0.05, 0) is 35.6 Å². The molecule has 3 rings (SSSR count). The number of aromatic nitrogens is 1. The first kappa shape index (κ1) is 13.6. The minimum absolute atomic E-state index is 0.122. The summed E-state index contributed by atoms with van der Waals surface area (Å²) in [5.41, 5.74) is 2.30. The minimum Gasteiger partial charge on any atom is -0.347 e. The summed E-state index contributed by atoms with van der Waals surface area (Å²) in [6.07, 6.45) is 2.85.